The van der Waals surface area contributed by atoms with Gasteiger partial charge in [-0.3, -0.25) is 0 Å². The van der Waals surface area contributed by atoms with Gasteiger partial charge < -0.3 is 25.1 Å². The summed E-state index contributed by atoms with van der Waals surface area (Å²) in [5.41, 5.74) is -0.132. The van der Waals surface area contributed by atoms with Gasteiger partial charge in [-0.1, -0.05) is 6.42 Å². The second-order valence-electron chi connectivity index (χ2n) is 8.23. The van der Waals surface area contributed by atoms with Crippen LogP contribution in [0.1, 0.15) is 30.7 Å². The van der Waals surface area contributed by atoms with Gasteiger partial charge in [0.05, 0.1) is 25.1 Å². The fourth-order valence-electron chi connectivity index (χ4n) is 3.86. The number of benzene rings is 1. The van der Waals surface area contributed by atoms with Crippen LogP contribution in [0.4, 0.5) is 23.7 Å². The molecule has 0 atom stereocenters. The summed E-state index contributed by atoms with van der Waals surface area (Å²) in [5, 5.41) is 5.32. The topological polar surface area (TPSA) is 88.3 Å². The number of halogens is 3. The molecule has 3 aromatic rings. The van der Waals surface area contributed by atoms with Crippen LogP contribution in [0, 0.1) is 11.6 Å². The zero-order valence-corrected chi connectivity index (χ0v) is 17.0. The Morgan fingerprint density at radius 1 is 1.28 bits per heavy atom. The van der Waals surface area contributed by atoms with Gasteiger partial charge in [0.15, 0.2) is 23.1 Å². The van der Waals surface area contributed by atoms with Crippen LogP contribution in [0.2, 0.25) is 0 Å². The Morgan fingerprint density at radius 3 is 2.66 bits per heavy atom. The molecule has 0 unspecified atom stereocenters. The van der Waals surface area contributed by atoms with Crippen LogP contribution in [0.5, 0.6) is 11.5 Å². The number of aromatic amines is 1. The molecule has 0 bridgehead atoms. The highest BCUT2D eigenvalue weighted by Gasteiger charge is 2.39. The van der Waals surface area contributed by atoms with E-state index in [1.807, 2.05) is 6.20 Å². The summed E-state index contributed by atoms with van der Waals surface area (Å²) in [4.78, 5) is 19.3. The van der Waals surface area contributed by atoms with E-state index in [1.165, 1.54) is 6.20 Å². The molecule has 7 nitrogen and oxygen atoms in total. The lowest BCUT2D eigenvalue weighted by atomic mass is 9.80. The molecule has 3 heterocycles. The number of nitrogens with one attached hydrogen (secondary N) is 3. The molecule has 5 rings (SSSR count). The van der Waals surface area contributed by atoms with Crippen molar-refractivity contribution in [3.63, 3.8) is 0 Å². The molecule has 2 fully saturated rings. The van der Waals surface area contributed by atoms with Gasteiger partial charge in [-0.25, -0.2) is 22.9 Å². The molecule has 0 radical (unpaired) electrons. The number of aromatic nitrogens is 2. The molecule has 1 aliphatic carbocycles. The third kappa shape index (κ3) is 3.86. The average molecular weight is 446 g/mol. The molecule has 3 N–H and O–H groups in total. The minimum Gasteiger partial charge on any atom is -0.450 e. The fourth-order valence-corrected chi connectivity index (χ4v) is 3.86. The van der Waals surface area contributed by atoms with Crippen LogP contribution < -0.4 is 15.4 Å². The van der Waals surface area contributed by atoms with Crippen molar-refractivity contribution in [1.29, 1.82) is 0 Å². The number of nitrogens with zero attached hydrogens (tertiary/aromatic N) is 1. The Labute approximate surface area is 181 Å². The van der Waals surface area contributed by atoms with E-state index < -0.39 is 29.1 Å². The van der Waals surface area contributed by atoms with Crippen molar-refractivity contribution in [3.8, 4) is 11.5 Å². The quantitative estimate of drug-likeness (QED) is 0.509. The van der Waals surface area contributed by atoms with Gasteiger partial charge >= 0.3 is 6.03 Å². The van der Waals surface area contributed by atoms with Crippen molar-refractivity contribution in [1.82, 2.24) is 15.3 Å². The van der Waals surface area contributed by atoms with E-state index in [2.05, 4.69) is 20.6 Å². The summed E-state index contributed by atoms with van der Waals surface area (Å²) in [6, 6.07) is 2.67. The molecular weight excluding hydrogens is 425 g/mol. The number of carbonyl (C=O) groups excluding carboxylic acids is 1. The SMILES string of the molecule is O=C(NCC1(F)COC1)Nc1cc(F)c(Oc2ccnc3[nH]cc(C4CCC4)c23)c(F)c1. The maximum atomic E-state index is 14.7. The molecule has 10 heteroatoms. The predicted molar refractivity (Wildman–Crippen MR) is 111 cm³/mol. The van der Waals surface area contributed by atoms with Crippen molar-refractivity contribution in [2.24, 2.45) is 0 Å². The first-order valence-electron chi connectivity index (χ1n) is 10.4. The number of anilines is 1. The molecule has 168 valence electrons. The zero-order valence-electron chi connectivity index (χ0n) is 17.0. The van der Waals surface area contributed by atoms with Crippen LogP contribution in [0.25, 0.3) is 11.0 Å². The van der Waals surface area contributed by atoms with E-state index in [9.17, 15) is 18.0 Å². The van der Waals surface area contributed by atoms with Crippen molar-refractivity contribution in [2.45, 2.75) is 30.8 Å². The summed E-state index contributed by atoms with van der Waals surface area (Å²) >= 11 is 0. The zero-order chi connectivity index (χ0) is 22.3. The van der Waals surface area contributed by atoms with Crippen LogP contribution in [0.3, 0.4) is 0 Å². The minimum atomic E-state index is -1.61. The number of fused-ring (bicyclic) bond motifs is 1. The minimum absolute atomic E-state index is 0.103. The number of carbonyl (C=O) groups is 1. The molecule has 2 aromatic heterocycles. The van der Waals surface area contributed by atoms with E-state index in [4.69, 9.17) is 9.47 Å². The first-order valence-corrected chi connectivity index (χ1v) is 10.4. The van der Waals surface area contributed by atoms with Crippen LogP contribution in [0.15, 0.2) is 30.6 Å². The number of urea groups is 1. The molecule has 1 aliphatic heterocycles. The Kier molecular flexibility index (Phi) is 5.16. The highest BCUT2D eigenvalue weighted by molar-refractivity contribution is 5.89. The smallest absolute Gasteiger partial charge is 0.319 e. The monoisotopic (exact) mass is 446 g/mol. The Hall–Kier alpha value is -3.27. The van der Waals surface area contributed by atoms with Crippen molar-refractivity contribution >= 4 is 22.8 Å². The number of rotatable bonds is 6. The molecule has 1 saturated carbocycles. The van der Waals surface area contributed by atoms with Gasteiger partial charge in [0.25, 0.3) is 0 Å². The number of alkyl halides is 1. The molecule has 2 aliphatic rings. The normalized spacial score (nSPS) is 17.5. The first-order chi connectivity index (χ1) is 15.4. The number of amides is 2. The maximum absolute atomic E-state index is 14.7. The second kappa shape index (κ2) is 8.01. The summed E-state index contributed by atoms with van der Waals surface area (Å²) in [6.45, 7) is -0.466. The van der Waals surface area contributed by atoms with Crippen LogP contribution >= 0.6 is 0 Å². The third-order valence-corrected chi connectivity index (χ3v) is 5.87. The molecule has 0 spiro atoms. The highest BCUT2D eigenvalue weighted by Crippen LogP contribution is 2.43. The van der Waals surface area contributed by atoms with E-state index in [1.54, 1.807) is 6.07 Å². The van der Waals surface area contributed by atoms with Crippen molar-refractivity contribution in [2.75, 3.05) is 25.1 Å². The van der Waals surface area contributed by atoms with Crippen molar-refractivity contribution < 1.29 is 27.4 Å². The average Bonchev–Trinajstić information content (AvgIpc) is 3.11. The maximum Gasteiger partial charge on any atom is 0.319 e. The summed E-state index contributed by atoms with van der Waals surface area (Å²) in [5.74, 6) is -1.89. The van der Waals surface area contributed by atoms with Gasteiger partial charge in [0.2, 0.25) is 0 Å². The second-order valence-corrected chi connectivity index (χ2v) is 8.23. The number of H-pyrrole nitrogens is 1. The summed E-state index contributed by atoms with van der Waals surface area (Å²) < 4.78 is 53.7. The molecule has 1 saturated heterocycles. The molecular formula is C22H21F3N4O3. The van der Waals surface area contributed by atoms with Gasteiger partial charge in [-0.15, -0.1) is 0 Å². The van der Waals surface area contributed by atoms with Crippen LogP contribution in [-0.4, -0.2) is 41.4 Å². The Morgan fingerprint density at radius 2 is 2.03 bits per heavy atom. The summed E-state index contributed by atoms with van der Waals surface area (Å²) in [6.07, 6.45) is 6.59. The lowest BCUT2D eigenvalue weighted by Crippen LogP contribution is -2.54. The lowest BCUT2D eigenvalue weighted by molar-refractivity contribution is -0.125. The van der Waals surface area contributed by atoms with Crippen molar-refractivity contribution in [3.05, 3.63) is 47.8 Å². The molecule has 1 aromatic carbocycles. The first kappa shape index (κ1) is 20.6. The lowest BCUT2D eigenvalue weighted by Gasteiger charge is -2.33. The van der Waals surface area contributed by atoms with E-state index in [0.29, 0.717) is 22.7 Å². The number of hydrogen-bond donors (Lipinski definition) is 3. The largest absolute Gasteiger partial charge is 0.450 e. The van der Waals surface area contributed by atoms with E-state index >= 15 is 0 Å². The number of hydrogen-bond acceptors (Lipinski definition) is 4. The predicted octanol–water partition coefficient (Wildman–Crippen LogP) is 4.76. The fraction of sp³-hybridized carbons (Fsp3) is 0.364. The number of pyridine rings is 1. The highest BCUT2D eigenvalue weighted by atomic mass is 19.1. The van der Waals surface area contributed by atoms with Gasteiger partial charge in [-0.2, -0.15) is 0 Å². The Balaban J connectivity index is 1.34. The third-order valence-electron chi connectivity index (χ3n) is 5.87. The van der Waals surface area contributed by atoms with Gasteiger partial charge in [0, 0.05) is 30.2 Å². The summed E-state index contributed by atoms with van der Waals surface area (Å²) in [7, 11) is 0. The van der Waals surface area contributed by atoms with Crippen LogP contribution in [-0.2, 0) is 4.74 Å². The Bertz CT molecular complexity index is 1150. The number of ether oxygens (including phenoxy) is 2. The molecule has 2 amide bonds. The van der Waals surface area contributed by atoms with Gasteiger partial charge in [-0.05, 0) is 30.4 Å². The van der Waals surface area contributed by atoms with E-state index in [0.717, 1.165) is 37.0 Å². The van der Waals surface area contributed by atoms with E-state index in [-0.39, 0.29) is 25.4 Å². The standard InChI is InChI=1S/C22H21F3N4O3/c23-15-6-13(29-21(30)28-9-22(25)10-31-11-22)7-16(24)19(15)32-17-4-5-26-20-18(17)14(8-27-20)12-2-1-3-12/h4-8,12H,1-3,9-11H2,(H,26,27)(H2,28,29,30). The molecule has 32 heavy (non-hydrogen) atoms. The van der Waals surface area contributed by atoms with Gasteiger partial charge in [0.1, 0.15) is 11.4 Å².